The molecule has 1 aromatic carbocycles. The topological polar surface area (TPSA) is 78.0 Å². The number of fused-ring (bicyclic) bond motifs is 1. The molecule has 0 aliphatic carbocycles. The average Bonchev–Trinajstić information content (AvgIpc) is 3.10. The molecule has 10 heteroatoms. The molecule has 0 unspecified atom stereocenters. The van der Waals surface area contributed by atoms with E-state index in [1.807, 2.05) is 0 Å². The molecule has 2 heterocycles. The molecule has 3 rings (SSSR count). The van der Waals surface area contributed by atoms with Crippen LogP contribution in [0, 0.1) is 12.7 Å². The predicted octanol–water partition coefficient (Wildman–Crippen LogP) is 6.02. The van der Waals surface area contributed by atoms with Crippen LogP contribution in [-0.2, 0) is 4.74 Å². The van der Waals surface area contributed by atoms with Gasteiger partial charge in [-0.05, 0) is 33.8 Å². The van der Waals surface area contributed by atoms with Gasteiger partial charge in [0.25, 0.3) is 0 Å². The Morgan fingerprint density at radius 3 is 2.36 bits per heavy atom. The predicted molar refractivity (Wildman–Crippen MR) is 127 cm³/mol. The van der Waals surface area contributed by atoms with Crippen molar-refractivity contribution in [2.75, 3.05) is 26.2 Å². The fraction of sp³-hybridized carbons (Fsp3) is 0.348. The Morgan fingerprint density at radius 1 is 1.15 bits per heavy atom. The molecule has 3 aromatic rings. The summed E-state index contributed by atoms with van der Waals surface area (Å²) in [6, 6.07) is 2.93. The van der Waals surface area contributed by atoms with Crippen LogP contribution in [0.15, 0.2) is 18.3 Å². The van der Waals surface area contributed by atoms with Crippen molar-refractivity contribution >= 4 is 50.6 Å². The molecular formula is C23H24ClFN2O5S. The Hall–Kier alpha value is -2.91. The number of ketones is 1. The Kier molecular flexibility index (Phi) is 6.85. The Bertz CT molecular complexity index is 1220. The number of nitrogens with zero attached hydrogens (tertiary/aromatic N) is 2. The van der Waals surface area contributed by atoms with E-state index >= 15 is 4.39 Å². The summed E-state index contributed by atoms with van der Waals surface area (Å²) >= 11 is 7.17. The summed E-state index contributed by atoms with van der Waals surface area (Å²) in [5, 5.41) is 0.702. The number of hydrogen-bond acceptors (Lipinski definition) is 7. The lowest BCUT2D eigenvalue weighted by Gasteiger charge is -2.25. The molecule has 176 valence electrons. The maximum atomic E-state index is 15.3. The number of aromatic nitrogens is 1. The molecule has 0 spiro atoms. The SMILES string of the molecule is COc1cc(OC)c(F)c(C(=O)c2sc3cnc(Cl)cc3c2N(C)C(=O)OC(C)(C)C)c1C. The zero-order chi connectivity index (χ0) is 24.7. The second-order valence-electron chi connectivity index (χ2n) is 8.25. The first kappa shape index (κ1) is 24.7. The van der Waals surface area contributed by atoms with Crippen LogP contribution in [0.2, 0.25) is 5.15 Å². The van der Waals surface area contributed by atoms with Crippen LogP contribution in [0.1, 0.15) is 41.6 Å². The highest BCUT2D eigenvalue weighted by atomic mass is 35.5. The number of methoxy groups -OCH3 is 2. The normalized spacial score (nSPS) is 11.4. The highest BCUT2D eigenvalue weighted by Crippen LogP contribution is 2.42. The third-order valence-electron chi connectivity index (χ3n) is 4.83. The van der Waals surface area contributed by atoms with E-state index in [4.69, 9.17) is 25.8 Å². The maximum absolute atomic E-state index is 15.3. The lowest BCUT2D eigenvalue weighted by atomic mass is 10.00. The maximum Gasteiger partial charge on any atom is 0.414 e. The first-order valence-corrected chi connectivity index (χ1v) is 11.1. The van der Waals surface area contributed by atoms with Gasteiger partial charge in [0, 0.05) is 30.3 Å². The lowest BCUT2D eigenvalue weighted by molar-refractivity contribution is 0.0590. The Balaban J connectivity index is 2.27. The van der Waals surface area contributed by atoms with Crippen LogP contribution >= 0.6 is 22.9 Å². The van der Waals surface area contributed by atoms with Gasteiger partial charge in [0.1, 0.15) is 21.4 Å². The van der Waals surface area contributed by atoms with Gasteiger partial charge in [-0.2, -0.15) is 0 Å². The van der Waals surface area contributed by atoms with E-state index in [1.165, 1.54) is 38.4 Å². The van der Waals surface area contributed by atoms with Gasteiger partial charge in [0.05, 0.1) is 30.2 Å². The molecule has 0 aliphatic heterocycles. The smallest absolute Gasteiger partial charge is 0.414 e. The zero-order valence-corrected chi connectivity index (χ0v) is 20.9. The molecule has 33 heavy (non-hydrogen) atoms. The van der Waals surface area contributed by atoms with E-state index in [-0.39, 0.29) is 27.0 Å². The number of carbonyl (C=O) groups excluding carboxylic acids is 2. The van der Waals surface area contributed by atoms with Crippen LogP contribution in [0.4, 0.5) is 14.9 Å². The van der Waals surface area contributed by atoms with E-state index in [0.29, 0.717) is 21.4 Å². The van der Waals surface area contributed by atoms with Gasteiger partial charge in [-0.25, -0.2) is 14.2 Å². The van der Waals surface area contributed by atoms with E-state index in [2.05, 4.69) is 4.98 Å². The zero-order valence-electron chi connectivity index (χ0n) is 19.3. The minimum atomic E-state index is -0.819. The van der Waals surface area contributed by atoms with Crippen molar-refractivity contribution in [1.29, 1.82) is 0 Å². The highest BCUT2D eigenvalue weighted by Gasteiger charge is 2.32. The van der Waals surface area contributed by atoms with Crippen molar-refractivity contribution in [2.45, 2.75) is 33.3 Å². The number of thiophene rings is 1. The number of hydrogen-bond donors (Lipinski definition) is 0. The molecule has 0 atom stereocenters. The van der Waals surface area contributed by atoms with E-state index in [1.54, 1.807) is 33.8 Å². The molecular weight excluding hydrogens is 471 g/mol. The minimum absolute atomic E-state index is 0.125. The minimum Gasteiger partial charge on any atom is -0.496 e. The summed E-state index contributed by atoms with van der Waals surface area (Å²) in [5.41, 5.74) is -0.418. The molecule has 0 fully saturated rings. The van der Waals surface area contributed by atoms with Crippen molar-refractivity contribution in [3.8, 4) is 11.5 Å². The van der Waals surface area contributed by atoms with Crippen molar-refractivity contribution in [2.24, 2.45) is 0 Å². The first-order valence-electron chi connectivity index (χ1n) is 9.90. The summed E-state index contributed by atoms with van der Waals surface area (Å²) in [6.07, 6.45) is 0.825. The molecule has 1 amide bonds. The summed E-state index contributed by atoms with van der Waals surface area (Å²) in [6.45, 7) is 6.79. The second-order valence-corrected chi connectivity index (χ2v) is 9.69. The molecule has 2 aromatic heterocycles. The van der Waals surface area contributed by atoms with Gasteiger partial charge >= 0.3 is 6.09 Å². The Morgan fingerprint density at radius 2 is 1.79 bits per heavy atom. The van der Waals surface area contributed by atoms with Gasteiger partial charge in [-0.1, -0.05) is 11.6 Å². The number of anilines is 1. The number of halogens is 2. The number of benzene rings is 1. The van der Waals surface area contributed by atoms with E-state index in [0.717, 1.165) is 11.3 Å². The van der Waals surface area contributed by atoms with Gasteiger partial charge in [0.15, 0.2) is 11.6 Å². The van der Waals surface area contributed by atoms with Crippen LogP contribution in [-0.4, -0.2) is 43.7 Å². The number of carbonyl (C=O) groups is 2. The van der Waals surface area contributed by atoms with Crippen molar-refractivity contribution in [1.82, 2.24) is 4.98 Å². The van der Waals surface area contributed by atoms with Gasteiger partial charge < -0.3 is 14.2 Å². The number of ether oxygens (including phenoxy) is 3. The summed E-state index contributed by atoms with van der Waals surface area (Å²) in [5.74, 6) is -1.29. The van der Waals surface area contributed by atoms with Crippen LogP contribution in [0.25, 0.3) is 10.1 Å². The quantitative estimate of drug-likeness (QED) is 0.319. The fourth-order valence-electron chi connectivity index (χ4n) is 3.32. The largest absolute Gasteiger partial charge is 0.496 e. The molecule has 7 nitrogen and oxygen atoms in total. The average molecular weight is 495 g/mol. The third kappa shape index (κ3) is 4.74. The van der Waals surface area contributed by atoms with Crippen molar-refractivity contribution < 1.29 is 28.2 Å². The fourth-order valence-corrected chi connectivity index (χ4v) is 4.61. The molecule has 0 radical (unpaired) electrons. The molecule has 0 saturated heterocycles. The molecule has 0 bridgehead atoms. The number of pyridine rings is 1. The standard InChI is InChI=1S/C23H24ClFN2O5S/c1-11-13(30-6)9-14(31-7)18(25)17(11)20(28)21-19(27(5)22(29)32-23(2,3)4)12-8-16(24)26-10-15(12)33-21/h8-10H,1-7H3. The number of rotatable bonds is 5. The van der Waals surface area contributed by atoms with Gasteiger partial charge in [-0.15, -0.1) is 11.3 Å². The first-order chi connectivity index (χ1) is 15.4. The highest BCUT2D eigenvalue weighted by molar-refractivity contribution is 7.21. The summed E-state index contributed by atoms with van der Waals surface area (Å²) in [4.78, 5) is 32.0. The summed E-state index contributed by atoms with van der Waals surface area (Å²) in [7, 11) is 4.20. The van der Waals surface area contributed by atoms with Crippen LogP contribution in [0.3, 0.4) is 0 Å². The molecule has 0 aliphatic rings. The van der Waals surface area contributed by atoms with Crippen molar-refractivity contribution in [3.05, 3.63) is 45.3 Å². The van der Waals surface area contributed by atoms with E-state index < -0.39 is 23.3 Å². The van der Waals surface area contributed by atoms with Crippen molar-refractivity contribution in [3.63, 3.8) is 0 Å². The van der Waals surface area contributed by atoms with E-state index in [9.17, 15) is 9.59 Å². The second kappa shape index (κ2) is 9.15. The summed E-state index contributed by atoms with van der Waals surface area (Å²) < 4.78 is 31.8. The third-order valence-corrected chi connectivity index (χ3v) is 6.17. The van der Waals surface area contributed by atoms with Crippen LogP contribution < -0.4 is 14.4 Å². The van der Waals surface area contributed by atoms with Gasteiger partial charge in [0.2, 0.25) is 5.78 Å². The monoisotopic (exact) mass is 494 g/mol. The molecule has 0 saturated carbocycles. The number of amides is 1. The van der Waals surface area contributed by atoms with Crippen LogP contribution in [0.5, 0.6) is 11.5 Å². The van der Waals surface area contributed by atoms with Gasteiger partial charge in [-0.3, -0.25) is 9.69 Å². The Labute approximate surface area is 200 Å². The molecule has 0 N–H and O–H groups in total. The lowest BCUT2D eigenvalue weighted by Crippen LogP contribution is -2.34.